The summed E-state index contributed by atoms with van der Waals surface area (Å²) in [6.45, 7) is 5.18. The van der Waals surface area contributed by atoms with Crippen molar-refractivity contribution in [1.82, 2.24) is 9.78 Å². The van der Waals surface area contributed by atoms with E-state index in [1.807, 2.05) is 0 Å². The summed E-state index contributed by atoms with van der Waals surface area (Å²) in [6.07, 6.45) is 1.50. The van der Waals surface area contributed by atoms with Crippen LogP contribution < -0.4 is 0 Å². The number of hydrogen-bond donors (Lipinski definition) is 0. The second kappa shape index (κ2) is 5.65. The maximum atomic E-state index is 11.4. The van der Waals surface area contributed by atoms with Gasteiger partial charge >= 0.3 is 5.97 Å². The highest BCUT2D eigenvalue weighted by atomic mass is 16.5. The zero-order valence-electron chi connectivity index (χ0n) is 10.2. The fraction of sp³-hybridized carbons (Fsp3) is 0.636. The fourth-order valence-corrected chi connectivity index (χ4v) is 1.31. The highest BCUT2D eigenvalue weighted by Gasteiger charge is 2.16. The third-order valence-electron chi connectivity index (χ3n) is 2.16. The maximum absolute atomic E-state index is 11.4. The molecule has 0 N–H and O–H groups in total. The van der Waals surface area contributed by atoms with Gasteiger partial charge in [-0.2, -0.15) is 5.10 Å². The molecular formula is C11H18N2O3. The summed E-state index contributed by atoms with van der Waals surface area (Å²) in [6, 6.07) is 0. The number of ether oxygens (including phenoxy) is 2. The zero-order valence-corrected chi connectivity index (χ0v) is 10.2. The van der Waals surface area contributed by atoms with E-state index in [2.05, 4.69) is 23.7 Å². The van der Waals surface area contributed by atoms with E-state index in [0.717, 1.165) is 5.69 Å². The van der Waals surface area contributed by atoms with Crippen LogP contribution in [0.1, 0.15) is 29.9 Å². The van der Waals surface area contributed by atoms with Crippen LogP contribution in [0.5, 0.6) is 0 Å². The Morgan fingerprint density at radius 1 is 1.56 bits per heavy atom. The Kier molecular flexibility index (Phi) is 4.49. The predicted octanol–water partition coefficient (Wildman–Crippen LogP) is 1.38. The van der Waals surface area contributed by atoms with Crippen LogP contribution in [-0.4, -0.2) is 29.5 Å². The maximum Gasteiger partial charge on any atom is 0.341 e. The first-order chi connectivity index (χ1) is 7.56. The lowest BCUT2D eigenvalue weighted by molar-refractivity contribution is 0.0586. The number of carbonyl (C=O) groups excluding carboxylic acids is 1. The van der Waals surface area contributed by atoms with Crippen LogP contribution in [0.3, 0.4) is 0 Å². The van der Waals surface area contributed by atoms with E-state index >= 15 is 0 Å². The molecule has 0 aliphatic carbocycles. The summed E-state index contributed by atoms with van der Waals surface area (Å²) < 4.78 is 11.8. The molecule has 0 unspecified atom stereocenters. The van der Waals surface area contributed by atoms with Crippen molar-refractivity contribution >= 4 is 5.97 Å². The number of aromatic nitrogens is 2. The predicted molar refractivity (Wildman–Crippen MR) is 59.0 cm³/mol. The van der Waals surface area contributed by atoms with E-state index in [9.17, 15) is 4.79 Å². The van der Waals surface area contributed by atoms with Crippen molar-refractivity contribution < 1.29 is 14.3 Å². The molecule has 0 aliphatic heterocycles. The van der Waals surface area contributed by atoms with Gasteiger partial charge in [0.1, 0.15) is 5.56 Å². The number of carbonyl (C=O) groups is 1. The van der Waals surface area contributed by atoms with Gasteiger partial charge in [-0.15, -0.1) is 0 Å². The molecule has 0 saturated carbocycles. The first kappa shape index (κ1) is 12.7. The van der Waals surface area contributed by atoms with Crippen molar-refractivity contribution in [2.75, 3.05) is 13.7 Å². The Bertz CT molecular complexity index is 358. The van der Waals surface area contributed by atoms with Crippen molar-refractivity contribution in [3.8, 4) is 0 Å². The molecule has 5 heteroatoms. The van der Waals surface area contributed by atoms with Gasteiger partial charge in [0.2, 0.25) is 0 Å². The molecule has 0 aliphatic rings. The van der Waals surface area contributed by atoms with Crippen LogP contribution in [0, 0.1) is 5.92 Å². The molecule has 90 valence electrons. The SMILES string of the molecule is COC(=O)c1cnn(C)c1COCC(C)C. The second-order valence-electron chi connectivity index (χ2n) is 4.03. The molecule has 0 fully saturated rings. The highest BCUT2D eigenvalue weighted by molar-refractivity contribution is 5.90. The Labute approximate surface area is 95.3 Å². The average molecular weight is 226 g/mol. The summed E-state index contributed by atoms with van der Waals surface area (Å²) >= 11 is 0. The number of methoxy groups -OCH3 is 1. The number of aryl methyl sites for hydroxylation is 1. The van der Waals surface area contributed by atoms with Crippen LogP contribution in [0.4, 0.5) is 0 Å². The van der Waals surface area contributed by atoms with Crippen LogP contribution >= 0.6 is 0 Å². The van der Waals surface area contributed by atoms with Gasteiger partial charge in [-0.25, -0.2) is 4.79 Å². The lowest BCUT2D eigenvalue weighted by atomic mass is 10.2. The summed E-state index contributed by atoms with van der Waals surface area (Å²) in [5.74, 6) is 0.0889. The molecule has 0 spiro atoms. The smallest absolute Gasteiger partial charge is 0.341 e. The Balaban J connectivity index is 2.70. The number of rotatable bonds is 5. The molecule has 16 heavy (non-hydrogen) atoms. The molecule has 1 aromatic rings. The molecule has 1 aromatic heterocycles. The molecule has 0 amide bonds. The molecule has 0 saturated heterocycles. The zero-order chi connectivity index (χ0) is 12.1. The van der Waals surface area contributed by atoms with Crippen molar-refractivity contribution in [1.29, 1.82) is 0 Å². The van der Waals surface area contributed by atoms with Gasteiger partial charge in [0.05, 0.1) is 25.6 Å². The van der Waals surface area contributed by atoms with Gasteiger partial charge in [0.15, 0.2) is 0 Å². The summed E-state index contributed by atoms with van der Waals surface area (Å²) in [4.78, 5) is 11.4. The van der Waals surface area contributed by atoms with Gasteiger partial charge in [0.25, 0.3) is 0 Å². The Morgan fingerprint density at radius 3 is 2.81 bits per heavy atom. The van der Waals surface area contributed by atoms with Crippen LogP contribution in [0.25, 0.3) is 0 Å². The van der Waals surface area contributed by atoms with E-state index in [0.29, 0.717) is 24.7 Å². The minimum absolute atomic E-state index is 0.374. The van der Waals surface area contributed by atoms with Gasteiger partial charge < -0.3 is 9.47 Å². The van der Waals surface area contributed by atoms with E-state index in [-0.39, 0.29) is 5.97 Å². The lowest BCUT2D eigenvalue weighted by Gasteiger charge is -2.08. The highest BCUT2D eigenvalue weighted by Crippen LogP contribution is 2.10. The summed E-state index contributed by atoms with van der Waals surface area (Å²) in [7, 11) is 3.13. The van der Waals surface area contributed by atoms with Crippen molar-refractivity contribution in [2.45, 2.75) is 20.5 Å². The topological polar surface area (TPSA) is 53.3 Å². The van der Waals surface area contributed by atoms with Gasteiger partial charge in [0, 0.05) is 13.7 Å². The van der Waals surface area contributed by atoms with Crippen molar-refractivity contribution in [3.05, 3.63) is 17.5 Å². The van der Waals surface area contributed by atoms with Gasteiger partial charge in [-0.1, -0.05) is 13.8 Å². The van der Waals surface area contributed by atoms with Crippen LogP contribution in [0.15, 0.2) is 6.20 Å². The molecule has 0 radical (unpaired) electrons. The third kappa shape index (κ3) is 3.06. The Hall–Kier alpha value is -1.36. The molecule has 1 heterocycles. The molecule has 5 nitrogen and oxygen atoms in total. The molecule has 0 atom stereocenters. The van der Waals surface area contributed by atoms with E-state index in [1.54, 1.807) is 11.7 Å². The standard InChI is InChI=1S/C11H18N2O3/c1-8(2)6-16-7-10-9(11(14)15-4)5-12-13(10)3/h5,8H,6-7H2,1-4H3. The van der Waals surface area contributed by atoms with E-state index in [4.69, 9.17) is 4.74 Å². The van der Waals surface area contributed by atoms with Crippen LogP contribution in [-0.2, 0) is 23.1 Å². The first-order valence-electron chi connectivity index (χ1n) is 5.23. The van der Waals surface area contributed by atoms with E-state index in [1.165, 1.54) is 13.3 Å². The molecular weight excluding hydrogens is 208 g/mol. The summed E-state index contributed by atoms with van der Waals surface area (Å²) in [5.41, 5.74) is 1.21. The molecule has 0 bridgehead atoms. The monoisotopic (exact) mass is 226 g/mol. The normalized spacial score (nSPS) is 10.8. The number of hydrogen-bond acceptors (Lipinski definition) is 4. The second-order valence-corrected chi connectivity index (χ2v) is 4.03. The summed E-state index contributed by atoms with van der Waals surface area (Å²) in [5, 5.41) is 4.02. The third-order valence-corrected chi connectivity index (χ3v) is 2.16. The van der Waals surface area contributed by atoms with Gasteiger partial charge in [-0.05, 0) is 5.92 Å². The van der Waals surface area contributed by atoms with Gasteiger partial charge in [-0.3, -0.25) is 4.68 Å². The Morgan fingerprint density at radius 2 is 2.25 bits per heavy atom. The van der Waals surface area contributed by atoms with Crippen molar-refractivity contribution in [3.63, 3.8) is 0 Å². The number of nitrogens with zero attached hydrogens (tertiary/aromatic N) is 2. The average Bonchev–Trinajstić information content (AvgIpc) is 2.59. The number of esters is 1. The fourth-order valence-electron chi connectivity index (χ4n) is 1.31. The lowest BCUT2D eigenvalue weighted by Crippen LogP contribution is -2.10. The van der Waals surface area contributed by atoms with E-state index < -0.39 is 0 Å². The van der Waals surface area contributed by atoms with Crippen LogP contribution in [0.2, 0.25) is 0 Å². The van der Waals surface area contributed by atoms with Crippen molar-refractivity contribution in [2.24, 2.45) is 13.0 Å². The minimum Gasteiger partial charge on any atom is -0.465 e. The quantitative estimate of drug-likeness (QED) is 0.712. The molecule has 1 rings (SSSR count). The molecule has 0 aromatic carbocycles. The first-order valence-corrected chi connectivity index (χ1v) is 5.23. The minimum atomic E-state index is -0.378. The largest absolute Gasteiger partial charge is 0.465 e.